The number of aromatic nitrogens is 5. The zero-order valence-electron chi connectivity index (χ0n) is 14.9. The molecule has 1 N–H and O–H groups in total. The molecule has 8 heteroatoms. The van der Waals surface area contributed by atoms with Crippen LogP contribution in [0.2, 0.25) is 0 Å². The van der Waals surface area contributed by atoms with E-state index in [1.807, 2.05) is 10.9 Å². The maximum Gasteiger partial charge on any atom is 0.274 e. The summed E-state index contributed by atoms with van der Waals surface area (Å²) in [5.74, 6) is -0.124. The molecule has 0 saturated carbocycles. The van der Waals surface area contributed by atoms with E-state index in [4.69, 9.17) is 0 Å². The molecule has 1 unspecified atom stereocenters. The van der Waals surface area contributed by atoms with Gasteiger partial charge >= 0.3 is 0 Å². The molecule has 1 aliphatic rings. The smallest absolute Gasteiger partial charge is 0.274 e. The minimum atomic E-state index is -0.987. The lowest BCUT2D eigenvalue weighted by Crippen LogP contribution is -2.52. The predicted octanol–water partition coefficient (Wildman–Crippen LogP) is 1.50. The Morgan fingerprint density at radius 3 is 2.84 bits per heavy atom. The minimum Gasteiger partial charge on any atom is -0.386 e. The van der Waals surface area contributed by atoms with E-state index in [2.05, 4.69) is 29.3 Å². The van der Waals surface area contributed by atoms with Gasteiger partial charge in [0.25, 0.3) is 5.91 Å². The lowest BCUT2D eigenvalue weighted by Gasteiger charge is -2.38. The zero-order chi connectivity index (χ0) is 17.9. The number of nitrogens with zero attached hydrogens (tertiary/aromatic N) is 6. The van der Waals surface area contributed by atoms with Gasteiger partial charge in [0.1, 0.15) is 11.3 Å². The van der Waals surface area contributed by atoms with E-state index < -0.39 is 5.60 Å². The lowest BCUT2D eigenvalue weighted by molar-refractivity contribution is -0.0388. The first-order valence-corrected chi connectivity index (χ1v) is 8.95. The number of piperidine rings is 1. The van der Waals surface area contributed by atoms with E-state index in [0.717, 1.165) is 19.3 Å². The van der Waals surface area contributed by atoms with E-state index in [0.29, 0.717) is 31.2 Å². The zero-order valence-corrected chi connectivity index (χ0v) is 14.9. The molecule has 3 heterocycles. The molecule has 2 aromatic rings. The van der Waals surface area contributed by atoms with Gasteiger partial charge < -0.3 is 10.0 Å². The van der Waals surface area contributed by atoms with E-state index in [-0.39, 0.29) is 12.5 Å². The van der Waals surface area contributed by atoms with Crippen LogP contribution in [-0.4, -0.2) is 59.4 Å². The second kappa shape index (κ2) is 7.35. The van der Waals surface area contributed by atoms with Crippen molar-refractivity contribution in [3.05, 3.63) is 30.4 Å². The van der Waals surface area contributed by atoms with Gasteiger partial charge in [-0.25, -0.2) is 4.68 Å². The molecule has 25 heavy (non-hydrogen) atoms. The molecule has 1 aliphatic heterocycles. The topological polar surface area (TPSA) is 89.1 Å². The van der Waals surface area contributed by atoms with Crippen molar-refractivity contribution in [1.82, 2.24) is 29.7 Å². The van der Waals surface area contributed by atoms with Crippen LogP contribution in [0.4, 0.5) is 0 Å². The van der Waals surface area contributed by atoms with Gasteiger partial charge in [0.2, 0.25) is 0 Å². The second-order valence-electron chi connectivity index (χ2n) is 6.81. The lowest BCUT2D eigenvalue weighted by atomic mass is 9.92. The molecule has 0 aliphatic carbocycles. The van der Waals surface area contributed by atoms with Gasteiger partial charge in [-0.1, -0.05) is 19.1 Å². The van der Waals surface area contributed by atoms with Gasteiger partial charge in [0.15, 0.2) is 0 Å². The van der Waals surface area contributed by atoms with E-state index in [1.165, 1.54) is 0 Å². The highest BCUT2D eigenvalue weighted by Crippen LogP contribution is 2.24. The minimum absolute atomic E-state index is 0.124. The van der Waals surface area contributed by atoms with Crippen molar-refractivity contribution < 1.29 is 9.90 Å². The van der Waals surface area contributed by atoms with Crippen LogP contribution in [0.1, 0.15) is 56.1 Å². The molecule has 1 atom stereocenters. The summed E-state index contributed by atoms with van der Waals surface area (Å²) in [4.78, 5) is 14.5. The Bertz CT molecular complexity index is 694. The summed E-state index contributed by atoms with van der Waals surface area (Å²) < 4.78 is 3.48. The van der Waals surface area contributed by atoms with Gasteiger partial charge in [0.05, 0.1) is 25.3 Å². The third-order valence-electron chi connectivity index (χ3n) is 4.91. The fraction of sp³-hybridized carbons (Fsp3) is 0.647. The summed E-state index contributed by atoms with van der Waals surface area (Å²) in [5.41, 5.74) is -0.545. The molecule has 1 fully saturated rings. The van der Waals surface area contributed by atoms with Gasteiger partial charge in [-0.15, -0.1) is 5.10 Å². The fourth-order valence-electron chi connectivity index (χ4n) is 3.51. The van der Waals surface area contributed by atoms with Crippen LogP contribution < -0.4 is 0 Å². The maximum atomic E-state index is 12.8. The van der Waals surface area contributed by atoms with Gasteiger partial charge in [-0.3, -0.25) is 9.48 Å². The average molecular weight is 346 g/mol. The Kier molecular flexibility index (Phi) is 5.17. The normalized spacial score (nSPS) is 21.0. The van der Waals surface area contributed by atoms with E-state index >= 15 is 0 Å². The molecular formula is C17H26N6O2. The van der Waals surface area contributed by atoms with Crippen LogP contribution in [0.15, 0.2) is 24.7 Å². The summed E-state index contributed by atoms with van der Waals surface area (Å²) in [7, 11) is 0. The third-order valence-corrected chi connectivity index (χ3v) is 4.91. The Morgan fingerprint density at radius 2 is 2.16 bits per heavy atom. The highest BCUT2D eigenvalue weighted by atomic mass is 16.3. The molecule has 0 aromatic carbocycles. The van der Waals surface area contributed by atoms with Crippen LogP contribution in [0.5, 0.6) is 0 Å². The molecule has 0 spiro atoms. The fourth-order valence-corrected chi connectivity index (χ4v) is 3.51. The quantitative estimate of drug-likeness (QED) is 0.856. The standard InChI is InChI=1S/C17H26N6O2/c1-3-14(4-2)23-10-6-15(19-23)16(24)21-9-5-7-17(25,12-21)13-22-11-8-18-20-22/h6,8,10-11,14,25H,3-5,7,9,12-13H2,1-2H3. The molecule has 1 saturated heterocycles. The summed E-state index contributed by atoms with van der Waals surface area (Å²) in [6.45, 7) is 5.48. The Labute approximate surface area is 147 Å². The molecule has 0 radical (unpaired) electrons. The van der Waals surface area contributed by atoms with Crippen molar-refractivity contribution in [2.45, 2.75) is 57.7 Å². The van der Waals surface area contributed by atoms with Crippen LogP contribution in [0.25, 0.3) is 0 Å². The maximum absolute atomic E-state index is 12.8. The molecule has 8 nitrogen and oxygen atoms in total. The van der Waals surface area contributed by atoms with Gasteiger partial charge in [0, 0.05) is 18.9 Å². The summed E-state index contributed by atoms with van der Waals surface area (Å²) >= 11 is 0. The SMILES string of the molecule is CCC(CC)n1ccc(C(=O)N2CCCC(O)(Cn3ccnn3)C2)n1. The van der Waals surface area contributed by atoms with Crippen molar-refractivity contribution in [1.29, 1.82) is 0 Å². The monoisotopic (exact) mass is 346 g/mol. The van der Waals surface area contributed by atoms with Crippen molar-refractivity contribution in [3.8, 4) is 0 Å². The Hall–Kier alpha value is -2.22. The number of amides is 1. The molecule has 0 bridgehead atoms. The van der Waals surface area contributed by atoms with Crippen LogP contribution in [0.3, 0.4) is 0 Å². The van der Waals surface area contributed by atoms with Crippen molar-refractivity contribution in [2.24, 2.45) is 0 Å². The largest absolute Gasteiger partial charge is 0.386 e. The number of hydrogen-bond donors (Lipinski definition) is 1. The number of β-amino-alcohol motifs (C(OH)–C–C–N with tert-alkyl or cyclic N) is 1. The summed E-state index contributed by atoms with van der Waals surface area (Å²) in [5, 5.41) is 23.0. The number of rotatable bonds is 6. The number of hydrogen-bond acceptors (Lipinski definition) is 5. The van der Waals surface area contributed by atoms with Crippen LogP contribution >= 0.6 is 0 Å². The number of likely N-dealkylation sites (tertiary alicyclic amines) is 1. The first-order valence-electron chi connectivity index (χ1n) is 8.95. The molecule has 3 rings (SSSR count). The van der Waals surface area contributed by atoms with Crippen molar-refractivity contribution in [3.63, 3.8) is 0 Å². The Balaban J connectivity index is 1.69. The average Bonchev–Trinajstić information content (AvgIpc) is 3.27. The number of carbonyl (C=O) groups is 1. The van der Waals surface area contributed by atoms with Crippen molar-refractivity contribution in [2.75, 3.05) is 13.1 Å². The number of aliphatic hydroxyl groups is 1. The number of carbonyl (C=O) groups excluding carboxylic acids is 1. The van der Waals surface area contributed by atoms with E-state index in [9.17, 15) is 9.90 Å². The van der Waals surface area contributed by atoms with E-state index in [1.54, 1.807) is 28.0 Å². The molecule has 1 amide bonds. The first kappa shape index (κ1) is 17.6. The van der Waals surface area contributed by atoms with Crippen molar-refractivity contribution >= 4 is 5.91 Å². The summed E-state index contributed by atoms with van der Waals surface area (Å²) in [6.07, 6.45) is 8.52. The van der Waals surface area contributed by atoms with Crippen LogP contribution in [0, 0.1) is 0 Å². The van der Waals surface area contributed by atoms with Gasteiger partial charge in [-0.05, 0) is 31.7 Å². The third kappa shape index (κ3) is 3.89. The Morgan fingerprint density at radius 1 is 1.36 bits per heavy atom. The van der Waals surface area contributed by atoms with Crippen LogP contribution in [-0.2, 0) is 6.54 Å². The highest BCUT2D eigenvalue weighted by molar-refractivity contribution is 5.92. The first-order chi connectivity index (χ1) is 12.0. The summed E-state index contributed by atoms with van der Waals surface area (Å²) in [6, 6.07) is 2.08. The van der Waals surface area contributed by atoms with Gasteiger partial charge in [-0.2, -0.15) is 5.10 Å². The molecule has 2 aromatic heterocycles. The molecular weight excluding hydrogens is 320 g/mol. The highest BCUT2D eigenvalue weighted by Gasteiger charge is 2.36. The molecule has 136 valence electrons. The second-order valence-corrected chi connectivity index (χ2v) is 6.81. The predicted molar refractivity (Wildman–Crippen MR) is 92.0 cm³/mol.